The molecule has 0 aliphatic heterocycles. The maximum atomic E-state index is 11.9. The van der Waals surface area contributed by atoms with E-state index in [2.05, 4.69) is 15.9 Å². The predicted molar refractivity (Wildman–Crippen MR) is 74.7 cm³/mol. The molecule has 0 atom stereocenters. The molecule has 0 radical (unpaired) electrons. The van der Waals surface area contributed by atoms with Gasteiger partial charge >= 0.3 is 5.97 Å². The van der Waals surface area contributed by atoms with Crippen LogP contribution in [0.5, 0.6) is 5.75 Å². The van der Waals surface area contributed by atoms with Crippen molar-refractivity contribution >= 4 is 27.6 Å². The Morgan fingerprint density at radius 2 is 1.83 bits per heavy atom. The summed E-state index contributed by atoms with van der Waals surface area (Å²) in [7, 11) is 0. The first-order chi connectivity index (χ1) is 8.56. The van der Waals surface area contributed by atoms with Crippen molar-refractivity contribution in [2.45, 2.75) is 6.92 Å². The monoisotopic (exact) mass is 305 g/mol. The van der Waals surface area contributed by atoms with Crippen molar-refractivity contribution in [1.29, 1.82) is 0 Å². The molecule has 0 aliphatic rings. The largest absolute Gasteiger partial charge is 0.423 e. The molecule has 2 rings (SSSR count). The number of aryl methyl sites for hydroxylation is 1. The van der Waals surface area contributed by atoms with E-state index in [1.54, 1.807) is 30.3 Å². The summed E-state index contributed by atoms with van der Waals surface area (Å²) in [6.45, 7) is 1.89. The van der Waals surface area contributed by atoms with Gasteiger partial charge in [0.15, 0.2) is 0 Å². The Labute approximate surface area is 114 Å². The number of nitrogens with two attached hydrogens (primary N) is 1. The van der Waals surface area contributed by atoms with Gasteiger partial charge in [-0.15, -0.1) is 0 Å². The second kappa shape index (κ2) is 5.23. The summed E-state index contributed by atoms with van der Waals surface area (Å²) >= 11 is 3.32. The van der Waals surface area contributed by atoms with Gasteiger partial charge in [-0.1, -0.05) is 22.0 Å². The predicted octanol–water partition coefficient (Wildman–Crippen LogP) is 3.56. The van der Waals surface area contributed by atoms with Gasteiger partial charge in [0, 0.05) is 10.2 Å². The van der Waals surface area contributed by atoms with E-state index in [1.807, 2.05) is 19.1 Å². The van der Waals surface area contributed by atoms with Crippen molar-refractivity contribution in [2.75, 3.05) is 5.73 Å². The third-order valence-corrected chi connectivity index (χ3v) is 3.07. The van der Waals surface area contributed by atoms with Gasteiger partial charge in [-0.25, -0.2) is 4.79 Å². The lowest BCUT2D eigenvalue weighted by Gasteiger charge is -2.06. The Kier molecular flexibility index (Phi) is 3.67. The number of rotatable bonds is 2. The van der Waals surface area contributed by atoms with Gasteiger partial charge in [-0.3, -0.25) is 0 Å². The third-order valence-electron chi connectivity index (χ3n) is 2.54. The molecule has 3 nitrogen and oxygen atoms in total. The smallest absolute Gasteiger partial charge is 0.343 e. The maximum Gasteiger partial charge on any atom is 0.343 e. The number of benzene rings is 2. The second-order valence-corrected chi connectivity index (χ2v) is 4.83. The van der Waals surface area contributed by atoms with Crippen molar-refractivity contribution in [2.24, 2.45) is 0 Å². The molecule has 0 fully saturated rings. The van der Waals surface area contributed by atoms with E-state index < -0.39 is 5.97 Å². The van der Waals surface area contributed by atoms with Crippen LogP contribution in [0.1, 0.15) is 15.9 Å². The molecule has 0 amide bonds. The van der Waals surface area contributed by atoms with Gasteiger partial charge in [0.1, 0.15) is 5.75 Å². The van der Waals surface area contributed by atoms with Crippen LogP contribution >= 0.6 is 15.9 Å². The van der Waals surface area contributed by atoms with Crippen LogP contribution in [0, 0.1) is 6.92 Å². The number of ether oxygens (including phenoxy) is 1. The Balaban J connectivity index is 2.16. The fraction of sp³-hybridized carbons (Fsp3) is 0.0714. The van der Waals surface area contributed by atoms with Crippen LogP contribution < -0.4 is 10.5 Å². The van der Waals surface area contributed by atoms with Gasteiger partial charge < -0.3 is 10.5 Å². The molecule has 0 saturated carbocycles. The summed E-state index contributed by atoms with van der Waals surface area (Å²) in [5.74, 6) is 0.0892. The quantitative estimate of drug-likeness (QED) is 0.524. The average molecular weight is 306 g/mol. The van der Waals surface area contributed by atoms with Gasteiger partial charge in [0.05, 0.1) is 5.56 Å². The average Bonchev–Trinajstić information content (AvgIpc) is 2.35. The highest BCUT2D eigenvalue weighted by atomic mass is 79.9. The van der Waals surface area contributed by atoms with Gasteiger partial charge in [0.25, 0.3) is 0 Å². The molecule has 0 spiro atoms. The minimum Gasteiger partial charge on any atom is -0.423 e. The number of anilines is 1. The second-order valence-electron chi connectivity index (χ2n) is 3.91. The van der Waals surface area contributed by atoms with Crippen LogP contribution in [-0.2, 0) is 0 Å². The highest BCUT2D eigenvalue weighted by molar-refractivity contribution is 9.10. The summed E-state index contributed by atoms with van der Waals surface area (Å²) < 4.78 is 6.17. The van der Waals surface area contributed by atoms with E-state index in [4.69, 9.17) is 10.5 Å². The minimum absolute atomic E-state index is 0.413. The number of halogens is 1. The summed E-state index contributed by atoms with van der Waals surface area (Å²) in [6, 6.07) is 12.2. The molecule has 4 heteroatoms. The van der Waals surface area contributed by atoms with Crippen molar-refractivity contribution in [1.82, 2.24) is 0 Å². The maximum absolute atomic E-state index is 11.9. The lowest BCUT2D eigenvalue weighted by molar-refractivity contribution is 0.0735. The van der Waals surface area contributed by atoms with Crippen molar-refractivity contribution in [3.63, 3.8) is 0 Å². The van der Waals surface area contributed by atoms with Crippen LogP contribution in [0.2, 0.25) is 0 Å². The molecule has 0 bridgehead atoms. The van der Waals surface area contributed by atoms with Crippen LogP contribution in [0.15, 0.2) is 46.9 Å². The fourth-order valence-corrected chi connectivity index (χ4v) is 1.70. The standard InChI is InChI=1S/C14H12BrNO2/c1-9-2-3-10(8-13(9)16)14(17)18-12-6-4-11(15)5-7-12/h2-8H,16H2,1H3. The molecule has 0 aromatic heterocycles. The number of carbonyl (C=O) groups is 1. The van der Waals surface area contributed by atoms with Crippen LogP contribution in [0.25, 0.3) is 0 Å². The Bertz CT molecular complexity index is 579. The first-order valence-corrected chi connectivity index (χ1v) is 6.19. The number of esters is 1. The minimum atomic E-state index is -0.413. The molecule has 2 aromatic rings. The zero-order chi connectivity index (χ0) is 13.1. The SMILES string of the molecule is Cc1ccc(C(=O)Oc2ccc(Br)cc2)cc1N. The van der Waals surface area contributed by atoms with Crippen molar-refractivity contribution in [3.8, 4) is 5.75 Å². The summed E-state index contributed by atoms with van der Waals surface area (Å²) in [6.07, 6.45) is 0. The topological polar surface area (TPSA) is 52.3 Å². The molecule has 92 valence electrons. The van der Waals surface area contributed by atoms with E-state index in [-0.39, 0.29) is 0 Å². The lowest BCUT2D eigenvalue weighted by Crippen LogP contribution is -2.09. The Morgan fingerprint density at radius 3 is 2.44 bits per heavy atom. The van der Waals surface area contributed by atoms with E-state index in [0.29, 0.717) is 17.0 Å². The zero-order valence-electron chi connectivity index (χ0n) is 9.81. The number of hydrogen-bond acceptors (Lipinski definition) is 3. The molecule has 18 heavy (non-hydrogen) atoms. The summed E-state index contributed by atoms with van der Waals surface area (Å²) in [5, 5.41) is 0. The fourth-order valence-electron chi connectivity index (χ4n) is 1.44. The zero-order valence-corrected chi connectivity index (χ0v) is 11.4. The number of nitrogen functional groups attached to an aromatic ring is 1. The molecule has 2 aromatic carbocycles. The molecule has 0 aliphatic carbocycles. The summed E-state index contributed by atoms with van der Waals surface area (Å²) in [4.78, 5) is 11.9. The normalized spacial score (nSPS) is 10.1. The third kappa shape index (κ3) is 2.90. The lowest BCUT2D eigenvalue weighted by atomic mass is 10.1. The van der Waals surface area contributed by atoms with Gasteiger partial charge in [0.2, 0.25) is 0 Å². The molecular weight excluding hydrogens is 294 g/mol. The highest BCUT2D eigenvalue weighted by Crippen LogP contribution is 2.19. The van der Waals surface area contributed by atoms with Gasteiger partial charge in [-0.2, -0.15) is 0 Å². The van der Waals surface area contributed by atoms with Crippen LogP contribution in [0.4, 0.5) is 5.69 Å². The molecule has 0 heterocycles. The number of hydrogen-bond donors (Lipinski definition) is 1. The van der Waals surface area contributed by atoms with E-state index in [9.17, 15) is 4.79 Å². The first kappa shape index (κ1) is 12.6. The van der Waals surface area contributed by atoms with Crippen molar-refractivity contribution in [3.05, 3.63) is 58.1 Å². The Morgan fingerprint density at radius 1 is 1.17 bits per heavy atom. The summed E-state index contributed by atoms with van der Waals surface area (Å²) in [5.41, 5.74) is 7.73. The molecular formula is C14H12BrNO2. The molecule has 0 saturated heterocycles. The van der Waals surface area contributed by atoms with E-state index in [0.717, 1.165) is 10.0 Å². The molecule has 2 N–H and O–H groups in total. The van der Waals surface area contributed by atoms with Crippen LogP contribution in [-0.4, -0.2) is 5.97 Å². The number of carbonyl (C=O) groups excluding carboxylic acids is 1. The Hall–Kier alpha value is -1.81. The molecule has 0 unspecified atom stereocenters. The highest BCUT2D eigenvalue weighted by Gasteiger charge is 2.09. The first-order valence-electron chi connectivity index (χ1n) is 5.40. The van der Waals surface area contributed by atoms with Crippen LogP contribution in [0.3, 0.4) is 0 Å². The van der Waals surface area contributed by atoms with Gasteiger partial charge in [-0.05, 0) is 48.9 Å². The van der Waals surface area contributed by atoms with E-state index >= 15 is 0 Å². The van der Waals surface area contributed by atoms with Crippen molar-refractivity contribution < 1.29 is 9.53 Å². The van der Waals surface area contributed by atoms with E-state index in [1.165, 1.54) is 0 Å².